The number of hydrogen-bond acceptors (Lipinski definition) is 10. The molecule has 1 unspecified atom stereocenters. The van der Waals surface area contributed by atoms with Crippen LogP contribution in [0.4, 0.5) is 0 Å². The molecule has 1 saturated heterocycles. The van der Waals surface area contributed by atoms with E-state index in [0.717, 1.165) is 0 Å². The minimum absolute atomic E-state index is 0.0475. The Bertz CT molecular complexity index is 1470. The van der Waals surface area contributed by atoms with E-state index in [1.54, 1.807) is 42.5 Å². The van der Waals surface area contributed by atoms with Crippen LogP contribution in [-0.2, 0) is 19.9 Å². The van der Waals surface area contributed by atoms with Crippen molar-refractivity contribution in [3.63, 3.8) is 0 Å². The van der Waals surface area contributed by atoms with Crippen molar-refractivity contribution < 1.29 is 49.0 Å². The minimum Gasteiger partial charge on any atom is -0.508 e. The number of carbonyl (C=O) groups is 2. The van der Waals surface area contributed by atoms with E-state index in [9.17, 15) is 30.0 Å². The number of aliphatic hydroxyl groups excluding tert-OH is 3. The number of aliphatic hydroxyl groups is 3. The smallest absolute Gasteiger partial charge is 0.340 e. The second-order valence-electron chi connectivity index (χ2n) is 9.61. The third-order valence-electron chi connectivity index (χ3n) is 7.17. The molecule has 39 heavy (non-hydrogen) atoms. The van der Waals surface area contributed by atoms with Crippen molar-refractivity contribution in [2.75, 3.05) is 6.61 Å². The lowest BCUT2D eigenvalue weighted by molar-refractivity contribution is -0.244. The molecule has 3 aliphatic rings. The summed E-state index contributed by atoms with van der Waals surface area (Å²) in [7, 11) is 0. The van der Waals surface area contributed by atoms with Crippen LogP contribution in [0.15, 0.2) is 60.7 Å². The highest BCUT2D eigenvalue weighted by molar-refractivity contribution is 5.97. The normalized spacial score (nSPS) is 28.5. The summed E-state index contributed by atoms with van der Waals surface area (Å²) in [6, 6.07) is 15.2. The lowest BCUT2D eigenvalue weighted by Crippen LogP contribution is -2.65. The number of carbonyl (C=O) groups excluding carboxylic acids is 2. The SMILES string of the molecule is CC(=O)N[C@H]1[C@H](Oc2ccc3c(c2)Oc2cc(O)ccc2C32OC(=O)c3ccccc32)O[C@H](CO)[C@@H](O)[C@@H]1O. The summed E-state index contributed by atoms with van der Waals surface area (Å²) in [6.45, 7) is 0.653. The zero-order chi connectivity index (χ0) is 27.5. The van der Waals surface area contributed by atoms with Gasteiger partial charge in [0.05, 0.1) is 12.2 Å². The van der Waals surface area contributed by atoms with Gasteiger partial charge in [-0.3, -0.25) is 4.79 Å². The molecule has 1 spiro atoms. The molecule has 0 aromatic heterocycles. The molecule has 11 heteroatoms. The van der Waals surface area contributed by atoms with E-state index in [1.165, 1.54) is 25.1 Å². The number of amides is 1. The number of rotatable bonds is 4. The average molecular weight is 536 g/mol. The van der Waals surface area contributed by atoms with Crippen LogP contribution in [0.3, 0.4) is 0 Å². The number of phenols is 1. The van der Waals surface area contributed by atoms with Gasteiger partial charge in [-0.1, -0.05) is 18.2 Å². The summed E-state index contributed by atoms with van der Waals surface area (Å²) in [5, 5.41) is 43.1. The Morgan fingerprint density at radius 2 is 1.72 bits per heavy atom. The van der Waals surface area contributed by atoms with Crippen molar-refractivity contribution in [2.45, 2.75) is 43.2 Å². The second kappa shape index (κ2) is 9.24. The summed E-state index contributed by atoms with van der Waals surface area (Å²) in [6.07, 6.45) is -5.37. The molecule has 0 radical (unpaired) electrons. The Morgan fingerprint density at radius 1 is 1.00 bits per heavy atom. The van der Waals surface area contributed by atoms with E-state index in [1.807, 2.05) is 0 Å². The summed E-state index contributed by atoms with van der Waals surface area (Å²) in [4.78, 5) is 24.7. The first kappa shape index (κ1) is 25.1. The van der Waals surface area contributed by atoms with Gasteiger partial charge in [0.2, 0.25) is 12.2 Å². The van der Waals surface area contributed by atoms with Crippen molar-refractivity contribution in [3.05, 3.63) is 82.9 Å². The lowest BCUT2D eigenvalue weighted by atomic mass is 9.77. The van der Waals surface area contributed by atoms with Gasteiger partial charge in [-0.15, -0.1) is 0 Å². The fraction of sp³-hybridized carbons (Fsp3) is 0.286. The van der Waals surface area contributed by atoms with Gasteiger partial charge in [-0.2, -0.15) is 0 Å². The molecule has 6 atom stereocenters. The van der Waals surface area contributed by atoms with Gasteiger partial charge < -0.3 is 44.7 Å². The number of fused-ring (bicyclic) bond motifs is 6. The Balaban J connectivity index is 1.42. The fourth-order valence-electron chi connectivity index (χ4n) is 5.42. The Kier molecular flexibility index (Phi) is 5.96. The fourth-order valence-corrected chi connectivity index (χ4v) is 5.42. The number of hydrogen-bond donors (Lipinski definition) is 5. The van der Waals surface area contributed by atoms with Gasteiger partial charge >= 0.3 is 5.97 Å². The van der Waals surface area contributed by atoms with Crippen LogP contribution >= 0.6 is 0 Å². The van der Waals surface area contributed by atoms with Crippen LogP contribution in [0.25, 0.3) is 0 Å². The molecule has 0 saturated carbocycles. The molecule has 3 aromatic carbocycles. The molecular formula is C28H25NO10. The largest absolute Gasteiger partial charge is 0.508 e. The Morgan fingerprint density at radius 3 is 2.46 bits per heavy atom. The van der Waals surface area contributed by atoms with Crippen LogP contribution in [0.5, 0.6) is 23.0 Å². The Hall–Kier alpha value is -4.16. The van der Waals surface area contributed by atoms with Gasteiger partial charge in [0.1, 0.15) is 47.4 Å². The molecule has 1 amide bonds. The first-order chi connectivity index (χ1) is 18.7. The van der Waals surface area contributed by atoms with E-state index >= 15 is 0 Å². The van der Waals surface area contributed by atoms with Gasteiger partial charge in [0.15, 0.2) is 5.60 Å². The molecule has 0 aliphatic carbocycles. The van der Waals surface area contributed by atoms with Gasteiger partial charge in [0, 0.05) is 35.7 Å². The second-order valence-corrected chi connectivity index (χ2v) is 9.61. The zero-order valence-corrected chi connectivity index (χ0v) is 20.6. The first-order valence-corrected chi connectivity index (χ1v) is 12.3. The monoisotopic (exact) mass is 535 g/mol. The van der Waals surface area contributed by atoms with Crippen LogP contribution in [0, 0.1) is 0 Å². The average Bonchev–Trinajstić information content (AvgIpc) is 3.20. The molecule has 11 nitrogen and oxygen atoms in total. The maximum atomic E-state index is 12.9. The quantitative estimate of drug-likeness (QED) is 0.308. The predicted octanol–water partition coefficient (Wildman–Crippen LogP) is 1.28. The topological polar surface area (TPSA) is 164 Å². The molecule has 3 aliphatic heterocycles. The molecule has 6 rings (SSSR count). The maximum absolute atomic E-state index is 12.9. The van der Waals surface area contributed by atoms with Gasteiger partial charge in [0.25, 0.3) is 0 Å². The van der Waals surface area contributed by atoms with Crippen molar-refractivity contribution in [2.24, 2.45) is 0 Å². The summed E-state index contributed by atoms with van der Waals surface area (Å²) < 4.78 is 23.8. The van der Waals surface area contributed by atoms with Crippen molar-refractivity contribution >= 4 is 11.9 Å². The predicted molar refractivity (Wildman–Crippen MR) is 132 cm³/mol. The molecule has 1 fully saturated rings. The highest BCUT2D eigenvalue weighted by Crippen LogP contribution is 2.57. The number of aromatic hydroxyl groups is 1. The number of ether oxygens (including phenoxy) is 4. The first-order valence-electron chi connectivity index (χ1n) is 12.3. The van der Waals surface area contributed by atoms with E-state index < -0.39 is 54.7 Å². The number of phenolic OH excluding ortho intramolecular Hbond substituents is 1. The molecule has 5 N–H and O–H groups in total. The summed E-state index contributed by atoms with van der Waals surface area (Å²) in [5.74, 6) is -0.303. The van der Waals surface area contributed by atoms with Crippen molar-refractivity contribution in [1.82, 2.24) is 5.32 Å². The number of benzene rings is 3. The van der Waals surface area contributed by atoms with Crippen LogP contribution < -0.4 is 14.8 Å². The zero-order valence-electron chi connectivity index (χ0n) is 20.6. The Labute approximate surface area is 222 Å². The molecule has 3 heterocycles. The van der Waals surface area contributed by atoms with Crippen molar-refractivity contribution in [3.8, 4) is 23.0 Å². The van der Waals surface area contributed by atoms with E-state index in [4.69, 9.17) is 18.9 Å². The highest BCUT2D eigenvalue weighted by Gasteiger charge is 2.53. The van der Waals surface area contributed by atoms with Gasteiger partial charge in [-0.05, 0) is 30.3 Å². The third-order valence-corrected chi connectivity index (χ3v) is 7.17. The maximum Gasteiger partial charge on any atom is 0.340 e. The van der Waals surface area contributed by atoms with Crippen LogP contribution in [-0.4, -0.2) is 69.6 Å². The standard InChI is InChI=1S/C28H25NO10/c1-13(31)29-23-25(34)24(33)22(12-30)38-27(23)36-15-7-9-19-21(11-15)37-20-10-14(32)6-8-18(20)28(19)17-5-3-2-4-16(17)26(35)39-28/h2-11,22-25,27,30,32-34H,12H2,1H3,(H,29,31)/t22-,23-,24-,25-,27-,28?/m1/s1. The summed E-state index contributed by atoms with van der Waals surface area (Å²) >= 11 is 0. The van der Waals surface area contributed by atoms with Crippen molar-refractivity contribution in [1.29, 1.82) is 0 Å². The lowest BCUT2D eigenvalue weighted by Gasteiger charge is -2.42. The highest BCUT2D eigenvalue weighted by atomic mass is 16.7. The summed E-state index contributed by atoms with van der Waals surface area (Å²) in [5.41, 5.74) is 0.720. The van der Waals surface area contributed by atoms with E-state index in [2.05, 4.69) is 5.32 Å². The molecular weight excluding hydrogens is 510 g/mol. The van der Waals surface area contributed by atoms with Gasteiger partial charge in [-0.25, -0.2) is 4.79 Å². The number of esters is 1. The van der Waals surface area contributed by atoms with E-state index in [0.29, 0.717) is 22.3 Å². The molecule has 3 aromatic rings. The number of nitrogens with one attached hydrogen (secondary N) is 1. The van der Waals surface area contributed by atoms with E-state index in [-0.39, 0.29) is 23.0 Å². The third kappa shape index (κ3) is 3.90. The molecule has 202 valence electrons. The van der Waals surface area contributed by atoms with Crippen LogP contribution in [0.2, 0.25) is 0 Å². The minimum atomic E-state index is -1.48. The van der Waals surface area contributed by atoms with Crippen LogP contribution in [0.1, 0.15) is 34.0 Å². The molecule has 0 bridgehead atoms.